The monoisotopic (exact) mass is 988 g/mol. The Balaban J connectivity index is 0.000000163. The van der Waals surface area contributed by atoms with Gasteiger partial charge in [-0.1, -0.05) is 236 Å². The van der Waals surface area contributed by atoms with Crippen molar-refractivity contribution in [2.24, 2.45) is 0 Å². The van der Waals surface area contributed by atoms with Crippen LogP contribution in [0.15, 0.2) is 302 Å². The number of anilines is 6. The molecular weight excluding hydrogens is 937 g/mol. The van der Waals surface area contributed by atoms with Crippen molar-refractivity contribution < 1.29 is 0 Å². The average molecular weight is 990 g/mol. The number of para-hydroxylation sites is 3. The van der Waals surface area contributed by atoms with Crippen molar-refractivity contribution in [2.75, 3.05) is 9.80 Å². The summed E-state index contributed by atoms with van der Waals surface area (Å²) in [5, 5.41) is 5.11. The van der Waals surface area contributed by atoms with E-state index in [-0.39, 0.29) is 7.43 Å². The normalized spacial score (nSPS) is 10.7. The Morgan fingerprint density at radius 3 is 0.806 bits per heavy atom. The molecule has 346 valence electrons. The number of fused-ring (bicyclic) bond motifs is 2. The summed E-state index contributed by atoms with van der Waals surface area (Å²) in [5.74, 6) is 0. The third-order valence-corrected chi connectivity index (χ3v) is 13.5. The molecule has 0 unspecified atom stereocenters. The van der Waals surface area contributed by atoms with Crippen LogP contribution in [0.25, 0.3) is 66.1 Å². The molecule has 0 heterocycles. The fourth-order valence-corrected chi connectivity index (χ4v) is 9.72. The largest absolute Gasteiger partial charge is 0.311 e. The minimum absolute atomic E-state index is 0. The topological polar surface area (TPSA) is 6.48 Å². The highest BCUT2D eigenvalue weighted by atomic mass is 79.9. The number of rotatable bonds is 10. The Kier molecular flexibility index (Phi) is 14.3. The molecule has 0 amide bonds. The van der Waals surface area contributed by atoms with Crippen molar-refractivity contribution in [3.05, 3.63) is 302 Å². The van der Waals surface area contributed by atoms with Crippen molar-refractivity contribution in [1.29, 1.82) is 0 Å². The molecule has 0 N–H and O–H groups in total. The first-order chi connectivity index (χ1) is 35.1. The van der Waals surface area contributed by atoms with Gasteiger partial charge in [0.05, 0.1) is 0 Å². The maximum atomic E-state index is 3.56. The molecule has 3 heteroatoms. The van der Waals surface area contributed by atoms with Gasteiger partial charge in [0.2, 0.25) is 0 Å². The van der Waals surface area contributed by atoms with E-state index in [9.17, 15) is 0 Å². The first kappa shape index (κ1) is 46.9. The van der Waals surface area contributed by atoms with Gasteiger partial charge in [0.15, 0.2) is 0 Å². The van der Waals surface area contributed by atoms with Gasteiger partial charge < -0.3 is 9.80 Å². The summed E-state index contributed by atoms with van der Waals surface area (Å²) in [6, 6.07) is 105. The van der Waals surface area contributed by atoms with E-state index in [0.29, 0.717) is 0 Å². The van der Waals surface area contributed by atoms with Gasteiger partial charge in [-0.25, -0.2) is 0 Å². The standard InChI is InChI=1S/C34H24BrN.C34H25N.CH4/c35-29-19-23-32(24-20-29)36(30-9-2-1-3-10-30)31-21-17-26(18-22-31)25-13-15-28(16-14-25)34-12-6-8-27-7-4-5-11-33(27)34;1-3-12-30(13-4-1)35(31-14-5-2-6-15-31)32-24-22-27(23-25-32)26-18-20-29(21-19-26)34-17-9-11-28-10-7-8-16-33(28)34;/h1-24H;1-25H;1H4. The summed E-state index contributed by atoms with van der Waals surface area (Å²) in [4.78, 5) is 4.56. The lowest BCUT2D eigenvalue weighted by Crippen LogP contribution is -2.09. The van der Waals surface area contributed by atoms with Crippen LogP contribution in [-0.4, -0.2) is 0 Å². The molecule has 12 aromatic rings. The number of hydrogen-bond donors (Lipinski definition) is 0. The molecule has 0 radical (unpaired) electrons. The Morgan fingerprint density at radius 2 is 0.458 bits per heavy atom. The van der Waals surface area contributed by atoms with Crippen LogP contribution in [0.4, 0.5) is 34.1 Å². The van der Waals surface area contributed by atoms with Crippen molar-refractivity contribution >= 4 is 71.6 Å². The second-order valence-electron chi connectivity index (χ2n) is 17.5. The first-order valence-corrected chi connectivity index (χ1v) is 24.8. The Bertz CT molecular complexity index is 3600. The molecule has 0 saturated heterocycles. The fraction of sp³-hybridized carbons (Fsp3) is 0.0145. The van der Waals surface area contributed by atoms with Gasteiger partial charge in [0, 0.05) is 38.6 Å². The zero-order valence-corrected chi connectivity index (χ0v) is 40.6. The fourth-order valence-electron chi connectivity index (χ4n) is 9.46. The smallest absolute Gasteiger partial charge is 0.0462 e. The highest BCUT2D eigenvalue weighted by Crippen LogP contribution is 2.39. The van der Waals surface area contributed by atoms with E-state index in [2.05, 4.69) is 317 Å². The molecule has 0 saturated carbocycles. The van der Waals surface area contributed by atoms with Crippen molar-refractivity contribution in [1.82, 2.24) is 0 Å². The lowest BCUT2D eigenvalue weighted by atomic mass is 9.96. The molecule has 12 aromatic carbocycles. The molecule has 72 heavy (non-hydrogen) atoms. The second kappa shape index (κ2) is 21.9. The number of hydrogen-bond acceptors (Lipinski definition) is 2. The Hall–Kier alpha value is -8.76. The van der Waals surface area contributed by atoms with E-state index in [1.807, 2.05) is 6.07 Å². The molecule has 12 rings (SSSR count). The van der Waals surface area contributed by atoms with Crippen LogP contribution in [0.5, 0.6) is 0 Å². The zero-order valence-electron chi connectivity index (χ0n) is 39.1. The molecule has 0 aromatic heterocycles. The van der Waals surface area contributed by atoms with Gasteiger partial charge in [0.25, 0.3) is 0 Å². The van der Waals surface area contributed by atoms with Crippen molar-refractivity contribution in [2.45, 2.75) is 7.43 Å². The Labute approximate surface area is 432 Å². The minimum Gasteiger partial charge on any atom is -0.311 e. The predicted molar refractivity (Wildman–Crippen MR) is 313 cm³/mol. The third kappa shape index (κ3) is 10.3. The number of benzene rings is 12. The average Bonchev–Trinajstić information content (AvgIpc) is 3.45. The lowest BCUT2D eigenvalue weighted by Gasteiger charge is -2.25. The highest BCUT2D eigenvalue weighted by Gasteiger charge is 2.14. The molecule has 0 aliphatic carbocycles. The molecule has 0 atom stereocenters. The van der Waals surface area contributed by atoms with Crippen LogP contribution in [0.3, 0.4) is 0 Å². The van der Waals surface area contributed by atoms with Gasteiger partial charge in [-0.2, -0.15) is 0 Å². The Morgan fingerprint density at radius 1 is 0.208 bits per heavy atom. The third-order valence-electron chi connectivity index (χ3n) is 13.0. The summed E-state index contributed by atoms with van der Waals surface area (Å²) in [6.45, 7) is 0. The van der Waals surface area contributed by atoms with Crippen LogP contribution < -0.4 is 9.80 Å². The van der Waals surface area contributed by atoms with Crippen molar-refractivity contribution in [3.63, 3.8) is 0 Å². The van der Waals surface area contributed by atoms with E-state index < -0.39 is 0 Å². The van der Waals surface area contributed by atoms with E-state index in [1.165, 1.54) is 66.1 Å². The maximum Gasteiger partial charge on any atom is 0.0462 e. The number of halogens is 1. The van der Waals surface area contributed by atoms with Gasteiger partial charge in [-0.15, -0.1) is 0 Å². The molecule has 0 spiro atoms. The molecule has 0 aliphatic heterocycles. The molecule has 0 fully saturated rings. The van der Waals surface area contributed by atoms with Crippen LogP contribution in [-0.2, 0) is 0 Å². The van der Waals surface area contributed by atoms with Crippen LogP contribution in [0, 0.1) is 0 Å². The highest BCUT2D eigenvalue weighted by molar-refractivity contribution is 9.10. The summed E-state index contributed by atoms with van der Waals surface area (Å²) in [5.41, 5.74) is 16.6. The molecule has 2 nitrogen and oxygen atoms in total. The van der Waals surface area contributed by atoms with E-state index in [4.69, 9.17) is 0 Å². The summed E-state index contributed by atoms with van der Waals surface area (Å²) in [6.07, 6.45) is 0. The zero-order chi connectivity index (χ0) is 47.8. The summed E-state index contributed by atoms with van der Waals surface area (Å²) >= 11 is 3.56. The quantitative estimate of drug-likeness (QED) is 0.135. The first-order valence-electron chi connectivity index (χ1n) is 24.0. The maximum absolute atomic E-state index is 3.56. The summed E-state index contributed by atoms with van der Waals surface area (Å²) in [7, 11) is 0. The molecular formula is C69H53BrN2. The molecule has 0 aliphatic rings. The van der Waals surface area contributed by atoms with E-state index >= 15 is 0 Å². The van der Waals surface area contributed by atoms with E-state index in [0.717, 1.165) is 38.6 Å². The van der Waals surface area contributed by atoms with Crippen molar-refractivity contribution in [3.8, 4) is 44.5 Å². The van der Waals surface area contributed by atoms with Crippen LogP contribution in [0.1, 0.15) is 7.43 Å². The summed E-state index contributed by atoms with van der Waals surface area (Å²) < 4.78 is 1.07. The second-order valence-corrected chi connectivity index (χ2v) is 18.4. The van der Waals surface area contributed by atoms with Gasteiger partial charge in [-0.3, -0.25) is 0 Å². The van der Waals surface area contributed by atoms with Gasteiger partial charge >= 0.3 is 0 Å². The minimum atomic E-state index is 0. The SMILES string of the molecule is Brc1ccc(N(c2ccccc2)c2ccc(-c3ccc(-c4cccc5ccccc45)cc3)cc2)cc1.C.c1ccc(N(c2ccccc2)c2ccc(-c3ccc(-c4cccc5ccccc45)cc3)cc2)cc1. The molecule has 0 bridgehead atoms. The predicted octanol–water partition coefficient (Wildman–Crippen LogP) is 20.7. The van der Waals surface area contributed by atoms with Crippen LogP contribution >= 0.6 is 15.9 Å². The van der Waals surface area contributed by atoms with Gasteiger partial charge in [-0.05, 0) is 151 Å². The van der Waals surface area contributed by atoms with E-state index in [1.54, 1.807) is 0 Å². The number of nitrogens with zero attached hydrogens (tertiary/aromatic N) is 2. The van der Waals surface area contributed by atoms with Gasteiger partial charge in [0.1, 0.15) is 0 Å². The lowest BCUT2D eigenvalue weighted by molar-refractivity contribution is 1.28. The van der Waals surface area contributed by atoms with Crippen LogP contribution in [0.2, 0.25) is 0 Å².